The summed E-state index contributed by atoms with van der Waals surface area (Å²) >= 11 is 4.82. The molecule has 3 fully saturated rings. The summed E-state index contributed by atoms with van der Waals surface area (Å²) in [5.74, 6) is 1.40. The van der Waals surface area contributed by atoms with Crippen molar-refractivity contribution in [3.63, 3.8) is 0 Å². The molecule has 106 valence electrons. The molecule has 2 aliphatic heterocycles. The van der Waals surface area contributed by atoms with Crippen LogP contribution in [0.5, 0.6) is 0 Å². The Bertz CT molecular complexity index is 419. The number of alkyl halides is 2. The monoisotopic (exact) mass is 488 g/mol. The van der Waals surface area contributed by atoms with Crippen LogP contribution in [0.1, 0.15) is 39.0 Å². The summed E-state index contributed by atoms with van der Waals surface area (Å²) in [6.07, 6.45) is 5.78. The second kappa shape index (κ2) is 5.69. The molecule has 3 rings (SSSR count). The van der Waals surface area contributed by atoms with Gasteiger partial charge in [0.05, 0.1) is 5.57 Å². The fourth-order valence-electron chi connectivity index (χ4n) is 3.25. The lowest BCUT2D eigenvalue weighted by Crippen LogP contribution is -2.30. The van der Waals surface area contributed by atoms with Crippen molar-refractivity contribution in [2.75, 3.05) is 0 Å². The summed E-state index contributed by atoms with van der Waals surface area (Å²) in [5.41, 5.74) is 0.812. The molecule has 0 aromatic heterocycles. The van der Waals surface area contributed by atoms with Crippen LogP contribution in [0.3, 0.4) is 0 Å². The van der Waals surface area contributed by atoms with Gasteiger partial charge in [0.2, 0.25) is 0 Å². The Labute approximate surface area is 141 Å². The number of carbonyl (C=O) groups is 1. The van der Waals surface area contributed by atoms with Crippen LogP contribution in [-0.4, -0.2) is 26.0 Å². The minimum Gasteiger partial charge on any atom is -0.493 e. The molecule has 1 saturated carbocycles. The first-order valence-corrected chi connectivity index (χ1v) is 9.43. The number of ether oxygens (including phenoxy) is 2. The summed E-state index contributed by atoms with van der Waals surface area (Å²) in [6.45, 7) is 2.09. The quantitative estimate of drug-likeness (QED) is 0.244. The first-order valence-electron chi connectivity index (χ1n) is 6.94. The normalized spacial score (nSPS) is 43.6. The number of fused-ring (bicyclic) bond motifs is 1. The van der Waals surface area contributed by atoms with E-state index in [-0.39, 0.29) is 12.1 Å². The number of cyclic esters (lactones) is 1. The van der Waals surface area contributed by atoms with Gasteiger partial charge in [0.25, 0.3) is 0 Å². The number of halogens is 2. The van der Waals surface area contributed by atoms with Gasteiger partial charge in [0, 0.05) is 26.6 Å². The maximum atomic E-state index is 12.0. The number of carbonyl (C=O) groups excluding carboxylic acids is 1. The van der Waals surface area contributed by atoms with Gasteiger partial charge in [0.15, 0.2) is 0 Å². The van der Waals surface area contributed by atoms with Gasteiger partial charge in [-0.2, -0.15) is 0 Å². The van der Waals surface area contributed by atoms with Crippen LogP contribution < -0.4 is 0 Å². The minimum atomic E-state index is -0.146. The van der Waals surface area contributed by atoms with E-state index in [0.29, 0.717) is 19.9 Å². The zero-order chi connectivity index (χ0) is 13.6. The molecule has 0 bridgehead atoms. The van der Waals surface area contributed by atoms with Crippen LogP contribution in [-0.2, 0) is 14.3 Å². The van der Waals surface area contributed by atoms with Crippen molar-refractivity contribution in [2.24, 2.45) is 5.92 Å². The first-order chi connectivity index (χ1) is 9.06. The second-order valence-corrected chi connectivity index (χ2v) is 9.29. The molecule has 0 amide bonds. The Morgan fingerprint density at radius 3 is 2.68 bits per heavy atom. The first kappa shape index (κ1) is 14.4. The van der Waals surface area contributed by atoms with E-state index >= 15 is 0 Å². The Morgan fingerprint density at radius 2 is 2.05 bits per heavy atom. The molecule has 1 aliphatic carbocycles. The maximum absolute atomic E-state index is 12.0. The van der Waals surface area contributed by atoms with E-state index in [1.165, 1.54) is 19.3 Å². The van der Waals surface area contributed by atoms with Gasteiger partial charge in [-0.3, -0.25) is 0 Å². The molecule has 0 radical (unpaired) electrons. The summed E-state index contributed by atoms with van der Waals surface area (Å²) in [7, 11) is 0. The average molecular weight is 488 g/mol. The lowest BCUT2D eigenvalue weighted by Gasteiger charge is -2.28. The molecule has 0 aromatic carbocycles. The number of rotatable bonds is 1. The van der Waals surface area contributed by atoms with Gasteiger partial charge in [-0.25, -0.2) is 4.79 Å². The average Bonchev–Trinajstić information content (AvgIpc) is 2.93. The smallest absolute Gasteiger partial charge is 0.337 e. The molecule has 5 unspecified atom stereocenters. The molecule has 0 N–H and O–H groups in total. The zero-order valence-corrected chi connectivity index (χ0v) is 15.2. The SMILES string of the molecule is CC(I)C1C/C(=C2/CC3CCCC(I)C3O2)C(=O)O1. The van der Waals surface area contributed by atoms with Gasteiger partial charge in [-0.15, -0.1) is 0 Å². The van der Waals surface area contributed by atoms with Crippen molar-refractivity contribution in [1.29, 1.82) is 0 Å². The third kappa shape index (κ3) is 2.78. The van der Waals surface area contributed by atoms with Crippen molar-refractivity contribution in [2.45, 2.75) is 59.1 Å². The fraction of sp³-hybridized carbons (Fsp3) is 0.786. The van der Waals surface area contributed by atoms with Gasteiger partial charge in [-0.1, -0.05) is 51.6 Å². The largest absolute Gasteiger partial charge is 0.493 e. The zero-order valence-electron chi connectivity index (χ0n) is 10.9. The van der Waals surface area contributed by atoms with E-state index in [2.05, 4.69) is 52.1 Å². The van der Waals surface area contributed by atoms with Crippen LogP contribution in [0.4, 0.5) is 0 Å². The molecule has 3 aliphatic rings. The highest BCUT2D eigenvalue weighted by Crippen LogP contribution is 2.44. The molecule has 0 spiro atoms. The van der Waals surface area contributed by atoms with Crippen LogP contribution in [0.25, 0.3) is 0 Å². The predicted octanol–water partition coefficient (Wildman–Crippen LogP) is 3.77. The van der Waals surface area contributed by atoms with Crippen molar-refractivity contribution in [3.05, 3.63) is 11.3 Å². The number of hydrogen-bond acceptors (Lipinski definition) is 3. The molecule has 5 atom stereocenters. The number of allylic oxidation sites excluding steroid dienone is 1. The predicted molar refractivity (Wildman–Crippen MR) is 89.6 cm³/mol. The summed E-state index contributed by atoms with van der Waals surface area (Å²) in [6, 6.07) is 0. The van der Waals surface area contributed by atoms with E-state index in [1.54, 1.807) is 0 Å². The lowest BCUT2D eigenvalue weighted by molar-refractivity contribution is -0.138. The molecule has 0 aromatic rings. The molecule has 2 heterocycles. The Kier molecular flexibility index (Phi) is 4.32. The number of esters is 1. The lowest BCUT2D eigenvalue weighted by atomic mass is 9.85. The van der Waals surface area contributed by atoms with Gasteiger partial charge in [-0.05, 0) is 19.8 Å². The van der Waals surface area contributed by atoms with Crippen LogP contribution >= 0.6 is 45.2 Å². The van der Waals surface area contributed by atoms with E-state index in [9.17, 15) is 4.79 Å². The number of hydrogen-bond donors (Lipinski definition) is 0. The van der Waals surface area contributed by atoms with Crippen molar-refractivity contribution in [1.82, 2.24) is 0 Å². The van der Waals surface area contributed by atoms with Crippen LogP contribution in [0.2, 0.25) is 0 Å². The molecular formula is C14H18I2O3. The Balaban J connectivity index is 1.79. The highest BCUT2D eigenvalue weighted by atomic mass is 127. The Morgan fingerprint density at radius 1 is 1.26 bits per heavy atom. The van der Waals surface area contributed by atoms with Crippen molar-refractivity contribution < 1.29 is 14.3 Å². The second-order valence-electron chi connectivity index (χ2n) is 5.72. The molecule has 2 saturated heterocycles. The Hall–Kier alpha value is 0.470. The molecule has 5 heteroatoms. The van der Waals surface area contributed by atoms with Crippen molar-refractivity contribution in [3.8, 4) is 0 Å². The van der Waals surface area contributed by atoms with Gasteiger partial charge < -0.3 is 9.47 Å². The molecular weight excluding hydrogens is 470 g/mol. The third-order valence-corrected chi connectivity index (χ3v) is 6.49. The van der Waals surface area contributed by atoms with Crippen molar-refractivity contribution >= 4 is 51.2 Å². The highest BCUT2D eigenvalue weighted by Gasteiger charge is 2.43. The van der Waals surface area contributed by atoms with Gasteiger partial charge in [0.1, 0.15) is 18.0 Å². The minimum absolute atomic E-state index is 0.0252. The summed E-state index contributed by atoms with van der Waals surface area (Å²) < 4.78 is 12.5. The standard InChI is InChI=1S/C14H18I2O3/c1-7(15)11-6-9(14(17)19-11)12-5-8-3-2-4-10(16)13(8)18-12/h7-8,10-11,13H,2-6H2,1H3/b12-9+. The fourth-order valence-corrected chi connectivity index (χ4v) is 4.83. The van der Waals surface area contributed by atoms with E-state index in [0.717, 1.165) is 24.2 Å². The summed E-state index contributed by atoms with van der Waals surface area (Å²) in [4.78, 5) is 12.0. The van der Waals surface area contributed by atoms with Crippen LogP contribution in [0.15, 0.2) is 11.3 Å². The topological polar surface area (TPSA) is 35.5 Å². The summed E-state index contributed by atoms with van der Waals surface area (Å²) in [5, 5.41) is 0. The third-order valence-electron chi connectivity index (χ3n) is 4.36. The van der Waals surface area contributed by atoms with E-state index < -0.39 is 0 Å². The van der Waals surface area contributed by atoms with E-state index in [4.69, 9.17) is 9.47 Å². The van der Waals surface area contributed by atoms with Crippen LogP contribution in [0, 0.1) is 5.92 Å². The molecule has 3 nitrogen and oxygen atoms in total. The maximum Gasteiger partial charge on any atom is 0.337 e. The highest BCUT2D eigenvalue weighted by molar-refractivity contribution is 14.1. The van der Waals surface area contributed by atoms with E-state index in [1.807, 2.05) is 0 Å². The van der Waals surface area contributed by atoms with Gasteiger partial charge >= 0.3 is 5.97 Å². The molecule has 19 heavy (non-hydrogen) atoms.